The van der Waals surface area contributed by atoms with Crippen LogP contribution in [0.4, 0.5) is 37.8 Å². The molecule has 188 valence electrons. The van der Waals surface area contributed by atoms with Crippen molar-refractivity contribution in [3.63, 3.8) is 0 Å². The highest BCUT2D eigenvalue weighted by Crippen LogP contribution is 2.39. The highest BCUT2D eigenvalue weighted by atomic mass is 19.4. The van der Waals surface area contributed by atoms with Gasteiger partial charge in [-0.2, -0.15) is 26.3 Å². The summed E-state index contributed by atoms with van der Waals surface area (Å²) in [4.78, 5) is 44.5. The summed E-state index contributed by atoms with van der Waals surface area (Å²) < 4.78 is 79.7. The predicted octanol–water partition coefficient (Wildman–Crippen LogP) is -0.0317. The second-order valence-electron chi connectivity index (χ2n) is 7.41. The Morgan fingerprint density at radius 3 is 2.29 bits per heavy atom. The summed E-state index contributed by atoms with van der Waals surface area (Å²) in [5.74, 6) is 1.52. The Morgan fingerprint density at radius 1 is 1.15 bits per heavy atom. The summed E-state index contributed by atoms with van der Waals surface area (Å²) in [6.07, 6.45) is -12.0. The number of aromatic nitrogens is 2. The zero-order valence-electron chi connectivity index (χ0n) is 18.0. The molecule has 1 unspecified atom stereocenters. The molecule has 0 amide bonds. The molecule has 1 aromatic heterocycles. The van der Waals surface area contributed by atoms with Crippen LogP contribution < -0.4 is 26.5 Å². The molecule has 0 bridgehead atoms. The maximum absolute atomic E-state index is 13.3. The minimum absolute atomic E-state index is 0.0644. The molecule has 34 heavy (non-hydrogen) atoms. The molecule has 0 spiro atoms. The fourth-order valence-electron chi connectivity index (χ4n) is 3.70. The van der Waals surface area contributed by atoms with Crippen molar-refractivity contribution in [3.05, 3.63) is 20.8 Å². The smallest absolute Gasteiger partial charge is 0.327 e. The summed E-state index contributed by atoms with van der Waals surface area (Å²) in [5, 5.41) is 3.26. The van der Waals surface area contributed by atoms with Crippen molar-refractivity contribution in [1.82, 2.24) is 19.4 Å². The van der Waals surface area contributed by atoms with E-state index in [0.29, 0.717) is 17.7 Å². The quantitative estimate of drug-likeness (QED) is 0.457. The van der Waals surface area contributed by atoms with Gasteiger partial charge >= 0.3 is 24.0 Å². The van der Waals surface area contributed by atoms with Gasteiger partial charge in [-0.15, -0.1) is 11.0 Å². The molecular weight excluding hydrogens is 478 g/mol. The molecule has 1 N–H and O–H groups in total. The molecule has 2 aliphatic heterocycles. The number of hydrogen-bond donors (Lipinski definition) is 1. The van der Waals surface area contributed by atoms with Gasteiger partial charge in [-0.3, -0.25) is 18.8 Å². The number of halogens is 6. The molecule has 1 fully saturated rings. The van der Waals surface area contributed by atoms with Crippen LogP contribution in [0.2, 0.25) is 0 Å². The monoisotopic (exact) mass is 498 g/mol. The maximum atomic E-state index is 13.3. The second-order valence-corrected chi connectivity index (χ2v) is 7.41. The van der Waals surface area contributed by atoms with Crippen molar-refractivity contribution in [1.29, 1.82) is 0 Å². The number of alkyl halides is 6. The van der Waals surface area contributed by atoms with E-state index in [1.54, 1.807) is 0 Å². The molecule has 16 heteroatoms. The van der Waals surface area contributed by atoms with Gasteiger partial charge in [-0.25, -0.2) is 9.59 Å². The first-order valence-corrected chi connectivity index (χ1v) is 9.88. The number of hydrogen-bond acceptors (Lipinski definition) is 8. The minimum Gasteiger partial charge on any atom is -0.327 e. The van der Waals surface area contributed by atoms with Gasteiger partial charge in [0.25, 0.3) is 5.56 Å². The number of rotatable bonds is 4. The molecule has 1 aromatic rings. The molecule has 3 rings (SSSR count). The first-order chi connectivity index (χ1) is 15.8. The first kappa shape index (κ1) is 25.4. The van der Waals surface area contributed by atoms with Crippen LogP contribution in [0, 0.1) is 11.8 Å². The molecular formula is C18H20F6N6O4. The zero-order chi connectivity index (χ0) is 25.4. The predicted molar refractivity (Wildman–Crippen MR) is 106 cm³/mol. The fourth-order valence-corrected chi connectivity index (χ4v) is 3.70. The average Bonchev–Trinajstić information content (AvgIpc) is 3.06. The standard InChI is InChI=1S/C18H20F6N6O4/c1-3-4-7-28-11-12(29(10-17(19,20)21)16(33)26(2)13(11)31)30(34-14(32)18(22,23)24)15(28)27-8-5-25-6-9-27/h15,25H,5-10H2,1-2H3. The van der Waals surface area contributed by atoms with E-state index in [-0.39, 0.29) is 29.3 Å². The van der Waals surface area contributed by atoms with Gasteiger partial charge in [0.2, 0.25) is 0 Å². The lowest BCUT2D eigenvalue weighted by molar-refractivity contribution is -0.203. The summed E-state index contributed by atoms with van der Waals surface area (Å²) in [5.41, 5.74) is -3.08. The second kappa shape index (κ2) is 9.22. The third kappa shape index (κ3) is 4.85. The molecule has 0 aromatic carbocycles. The fraction of sp³-hybridized carbons (Fsp3) is 0.611. The van der Waals surface area contributed by atoms with Crippen molar-refractivity contribution >= 4 is 17.5 Å². The van der Waals surface area contributed by atoms with Gasteiger partial charge in [0, 0.05) is 33.2 Å². The Balaban J connectivity index is 2.32. The van der Waals surface area contributed by atoms with Gasteiger partial charge in [0.15, 0.2) is 17.8 Å². The van der Waals surface area contributed by atoms with Crippen LogP contribution in [-0.4, -0.2) is 71.4 Å². The lowest BCUT2D eigenvalue weighted by atomic mass is 10.3. The Bertz CT molecular complexity index is 1130. The van der Waals surface area contributed by atoms with Crippen molar-refractivity contribution in [3.8, 4) is 11.8 Å². The highest BCUT2D eigenvalue weighted by Gasteiger charge is 2.51. The Morgan fingerprint density at radius 2 is 1.76 bits per heavy atom. The molecule has 0 saturated carbocycles. The lowest BCUT2D eigenvalue weighted by Crippen LogP contribution is -2.61. The molecule has 2 aliphatic rings. The summed E-state index contributed by atoms with van der Waals surface area (Å²) >= 11 is 0. The van der Waals surface area contributed by atoms with E-state index in [9.17, 15) is 40.7 Å². The molecule has 0 radical (unpaired) electrons. The van der Waals surface area contributed by atoms with Crippen LogP contribution in [-0.2, 0) is 23.2 Å². The third-order valence-electron chi connectivity index (χ3n) is 5.13. The Hall–Kier alpha value is -3.19. The maximum Gasteiger partial charge on any atom is 0.493 e. The van der Waals surface area contributed by atoms with E-state index in [1.165, 1.54) is 11.8 Å². The van der Waals surface area contributed by atoms with Crippen LogP contribution in [0.1, 0.15) is 6.92 Å². The highest BCUT2D eigenvalue weighted by molar-refractivity contribution is 5.80. The summed E-state index contributed by atoms with van der Waals surface area (Å²) in [6.45, 7) is 0.267. The number of nitrogens with zero attached hydrogens (tertiary/aromatic N) is 5. The van der Waals surface area contributed by atoms with E-state index >= 15 is 0 Å². The molecule has 10 nitrogen and oxygen atoms in total. The topological polar surface area (TPSA) is 92.0 Å². The van der Waals surface area contributed by atoms with Crippen molar-refractivity contribution in [2.75, 3.05) is 42.7 Å². The Kier molecular flexibility index (Phi) is 6.90. The van der Waals surface area contributed by atoms with E-state index in [2.05, 4.69) is 22.0 Å². The van der Waals surface area contributed by atoms with Crippen molar-refractivity contribution < 1.29 is 36.0 Å². The molecule has 1 atom stereocenters. The van der Waals surface area contributed by atoms with Crippen LogP contribution in [0.3, 0.4) is 0 Å². The van der Waals surface area contributed by atoms with E-state index in [4.69, 9.17) is 0 Å². The average molecular weight is 498 g/mol. The van der Waals surface area contributed by atoms with Gasteiger partial charge in [0.05, 0.1) is 6.54 Å². The van der Waals surface area contributed by atoms with Crippen LogP contribution in [0.15, 0.2) is 9.59 Å². The number of piperazine rings is 1. The molecule has 1 saturated heterocycles. The van der Waals surface area contributed by atoms with Gasteiger partial charge in [0.1, 0.15) is 6.54 Å². The number of carbonyl (C=O) groups is 1. The largest absolute Gasteiger partial charge is 0.493 e. The van der Waals surface area contributed by atoms with Crippen LogP contribution >= 0.6 is 0 Å². The first-order valence-electron chi connectivity index (χ1n) is 9.88. The SMILES string of the molecule is CC#CCN1c2c(n(CC(F)(F)F)c(=O)n(C)c2=O)N(OC(=O)C(F)(F)F)C1N1CCNCC1. The van der Waals surface area contributed by atoms with E-state index < -0.39 is 53.9 Å². The number of fused-ring (bicyclic) bond motifs is 1. The van der Waals surface area contributed by atoms with Crippen molar-refractivity contribution in [2.24, 2.45) is 7.05 Å². The minimum atomic E-state index is -5.50. The van der Waals surface area contributed by atoms with Gasteiger partial charge in [-0.1, -0.05) is 5.92 Å². The summed E-state index contributed by atoms with van der Waals surface area (Å²) in [7, 11) is 0.936. The normalized spacial score (nSPS) is 19.0. The van der Waals surface area contributed by atoms with E-state index in [1.807, 2.05) is 0 Å². The number of anilines is 2. The molecule has 0 aliphatic carbocycles. The third-order valence-corrected chi connectivity index (χ3v) is 5.13. The van der Waals surface area contributed by atoms with Crippen LogP contribution in [0.5, 0.6) is 0 Å². The van der Waals surface area contributed by atoms with E-state index in [0.717, 1.165) is 11.9 Å². The lowest BCUT2D eigenvalue weighted by Gasteiger charge is -2.40. The zero-order valence-corrected chi connectivity index (χ0v) is 18.0. The number of nitrogens with one attached hydrogen (secondary N) is 1. The summed E-state index contributed by atoms with van der Waals surface area (Å²) in [6, 6.07) is 0. The van der Waals surface area contributed by atoms with Gasteiger partial charge in [-0.05, 0) is 6.92 Å². The van der Waals surface area contributed by atoms with Crippen LogP contribution in [0.25, 0.3) is 0 Å². The number of carbonyl (C=O) groups excluding carboxylic acids is 1. The van der Waals surface area contributed by atoms with Crippen molar-refractivity contribution in [2.45, 2.75) is 32.1 Å². The van der Waals surface area contributed by atoms with Gasteiger partial charge < -0.3 is 15.1 Å². The number of hydroxylamine groups is 1. The molecule has 3 heterocycles. The Labute approximate surface area is 188 Å².